The summed E-state index contributed by atoms with van der Waals surface area (Å²) in [5.74, 6) is -1.25. The van der Waals surface area contributed by atoms with Gasteiger partial charge in [0.05, 0.1) is 22.9 Å². The number of aliphatic hydroxyl groups excluding tert-OH is 3. The maximum Gasteiger partial charge on any atom is 0.222 e. The van der Waals surface area contributed by atoms with Crippen molar-refractivity contribution in [3.8, 4) is 0 Å². The molecule has 1 unspecified atom stereocenters. The van der Waals surface area contributed by atoms with Crippen molar-refractivity contribution in [2.75, 3.05) is 11.1 Å². The molecule has 1 aromatic carbocycles. The van der Waals surface area contributed by atoms with Crippen molar-refractivity contribution in [2.45, 2.75) is 67.7 Å². The van der Waals surface area contributed by atoms with E-state index in [1.807, 2.05) is 6.92 Å². The first-order chi connectivity index (χ1) is 16.3. The molecule has 2 aromatic heterocycles. The van der Waals surface area contributed by atoms with Gasteiger partial charge in [0, 0.05) is 24.1 Å². The molecular weight excluding hydrogens is 470 g/mol. The van der Waals surface area contributed by atoms with Crippen LogP contribution in [0.3, 0.4) is 0 Å². The van der Waals surface area contributed by atoms with E-state index in [1.165, 1.54) is 16.8 Å². The molecular formula is C21H24F2N6O4S. The van der Waals surface area contributed by atoms with E-state index in [4.69, 9.17) is 0 Å². The second kappa shape index (κ2) is 8.87. The Balaban J connectivity index is 1.49. The van der Waals surface area contributed by atoms with Crippen LogP contribution >= 0.6 is 0 Å². The number of aliphatic hydroxyl groups is 3. The van der Waals surface area contributed by atoms with Gasteiger partial charge in [-0.25, -0.2) is 18.4 Å². The molecule has 4 N–H and O–H groups in total. The van der Waals surface area contributed by atoms with Gasteiger partial charge in [-0.05, 0) is 30.5 Å². The number of benzene rings is 1. The number of nitrogens with zero attached hydrogens (tertiary/aromatic N) is 5. The minimum absolute atomic E-state index is 0.0434. The molecule has 0 spiro atoms. The van der Waals surface area contributed by atoms with Crippen LogP contribution in [0.4, 0.5) is 14.6 Å². The first kappa shape index (κ1) is 23.1. The lowest BCUT2D eigenvalue weighted by Crippen LogP contribution is -2.31. The zero-order chi connectivity index (χ0) is 24.1. The van der Waals surface area contributed by atoms with Crippen molar-refractivity contribution in [3.05, 3.63) is 35.4 Å². The van der Waals surface area contributed by atoms with Gasteiger partial charge in [0.2, 0.25) is 5.16 Å². The molecule has 10 nitrogen and oxygen atoms in total. The molecule has 13 heteroatoms. The molecule has 0 radical (unpaired) electrons. The molecule has 2 fully saturated rings. The molecule has 0 amide bonds. The summed E-state index contributed by atoms with van der Waals surface area (Å²) in [6, 6.07) is 2.89. The number of rotatable bonds is 7. The lowest BCUT2D eigenvalue weighted by Gasteiger charge is -2.16. The van der Waals surface area contributed by atoms with Crippen molar-refractivity contribution in [1.29, 1.82) is 0 Å². The second-order valence-corrected chi connectivity index (χ2v) is 10.2. The summed E-state index contributed by atoms with van der Waals surface area (Å²) in [4.78, 5) is 8.81. The highest BCUT2D eigenvalue weighted by Crippen LogP contribution is 2.43. The third-order valence-electron chi connectivity index (χ3n) is 6.32. The molecule has 0 bridgehead atoms. The molecule has 5 rings (SSSR count). The summed E-state index contributed by atoms with van der Waals surface area (Å²) in [7, 11) is -1.49. The van der Waals surface area contributed by atoms with E-state index in [1.54, 1.807) is 0 Å². The van der Waals surface area contributed by atoms with Crippen LogP contribution < -0.4 is 5.32 Å². The van der Waals surface area contributed by atoms with Crippen LogP contribution in [-0.4, -0.2) is 74.6 Å². The van der Waals surface area contributed by atoms with Gasteiger partial charge in [-0.1, -0.05) is 18.2 Å². The van der Waals surface area contributed by atoms with E-state index in [0.29, 0.717) is 30.0 Å². The van der Waals surface area contributed by atoms with Crippen molar-refractivity contribution in [3.63, 3.8) is 0 Å². The first-order valence-corrected chi connectivity index (χ1v) is 12.4. The van der Waals surface area contributed by atoms with Gasteiger partial charge in [-0.3, -0.25) is 4.21 Å². The average Bonchev–Trinajstić information content (AvgIpc) is 3.37. The van der Waals surface area contributed by atoms with Crippen LogP contribution in [0.5, 0.6) is 0 Å². The number of nitrogens with one attached hydrogen (secondary N) is 1. The van der Waals surface area contributed by atoms with Crippen LogP contribution in [0.2, 0.25) is 0 Å². The Bertz CT molecular complexity index is 1260. The lowest BCUT2D eigenvalue weighted by molar-refractivity contribution is -0.0253. The number of hydrogen-bond acceptors (Lipinski definition) is 9. The predicted molar refractivity (Wildman–Crippen MR) is 117 cm³/mol. The van der Waals surface area contributed by atoms with Crippen molar-refractivity contribution >= 4 is 27.8 Å². The maximum absolute atomic E-state index is 13.7. The van der Waals surface area contributed by atoms with Gasteiger partial charge in [-0.15, -0.1) is 5.10 Å². The van der Waals surface area contributed by atoms with E-state index in [-0.39, 0.29) is 34.7 Å². The second-order valence-electron chi connectivity index (χ2n) is 8.73. The van der Waals surface area contributed by atoms with Gasteiger partial charge in [0.25, 0.3) is 0 Å². The molecule has 7 atom stereocenters. The molecule has 182 valence electrons. The van der Waals surface area contributed by atoms with Crippen LogP contribution in [0.25, 0.3) is 11.2 Å². The Hall–Kier alpha value is -2.61. The Morgan fingerprint density at radius 1 is 1.15 bits per heavy atom. The number of hydrogen-bond donors (Lipinski definition) is 4. The molecule has 0 saturated heterocycles. The van der Waals surface area contributed by atoms with Crippen molar-refractivity contribution in [2.24, 2.45) is 0 Å². The van der Waals surface area contributed by atoms with E-state index in [0.717, 1.165) is 6.07 Å². The van der Waals surface area contributed by atoms with Crippen LogP contribution in [0.1, 0.15) is 43.7 Å². The summed E-state index contributed by atoms with van der Waals surface area (Å²) in [6.45, 7) is 1.88. The molecule has 2 aliphatic carbocycles. The number of halogens is 2. The monoisotopic (exact) mass is 494 g/mol. The predicted octanol–water partition coefficient (Wildman–Crippen LogP) is 1.01. The summed E-state index contributed by atoms with van der Waals surface area (Å²) in [5, 5.41) is 41.8. The third kappa shape index (κ3) is 4.06. The topological polar surface area (TPSA) is 146 Å². The fourth-order valence-corrected chi connectivity index (χ4v) is 5.31. The number of anilines is 1. The average molecular weight is 495 g/mol. The fourth-order valence-electron chi connectivity index (χ4n) is 4.38. The highest BCUT2D eigenvalue weighted by Gasteiger charge is 2.44. The van der Waals surface area contributed by atoms with Crippen molar-refractivity contribution < 1.29 is 28.3 Å². The Kier molecular flexibility index (Phi) is 6.04. The quantitative estimate of drug-likeness (QED) is 0.354. The van der Waals surface area contributed by atoms with Crippen LogP contribution in [0.15, 0.2) is 23.4 Å². The number of fused-ring (bicyclic) bond motifs is 1. The highest BCUT2D eigenvalue weighted by molar-refractivity contribution is 7.84. The normalized spacial score (nSPS) is 29.5. The maximum atomic E-state index is 13.7. The Morgan fingerprint density at radius 3 is 2.62 bits per heavy atom. The van der Waals surface area contributed by atoms with Crippen molar-refractivity contribution in [1.82, 2.24) is 25.0 Å². The number of aromatic nitrogens is 5. The largest absolute Gasteiger partial charge is 0.390 e. The standard InChI is InChI=1S/C21H24F2N6O4S/c1-2-5-34(33)21-25-19(24-13-7-10(13)9-3-4-11(22)12(23)6-9)16-20(26-21)29(28-27-16)14-8-15(30)18(32)17(14)31/h3-4,6,10,13-15,17-18,30-32H,2,5,7-8H2,1H3,(H,24,25,26)/t10-,13+,14+,15-,17-,18+,34?/m0/s1. The van der Waals surface area contributed by atoms with E-state index in [9.17, 15) is 28.3 Å². The Labute approximate surface area is 195 Å². The zero-order valence-electron chi connectivity index (χ0n) is 18.2. The molecule has 34 heavy (non-hydrogen) atoms. The molecule has 2 heterocycles. The molecule has 2 saturated carbocycles. The summed E-state index contributed by atoms with van der Waals surface area (Å²) in [6.07, 6.45) is -2.40. The van der Waals surface area contributed by atoms with Gasteiger partial charge < -0.3 is 20.6 Å². The highest BCUT2D eigenvalue weighted by atomic mass is 32.2. The summed E-state index contributed by atoms with van der Waals surface area (Å²) < 4.78 is 41.0. The van der Waals surface area contributed by atoms with E-state index < -0.39 is 46.8 Å². The lowest BCUT2D eigenvalue weighted by atomic mass is 10.1. The van der Waals surface area contributed by atoms with E-state index in [2.05, 4.69) is 25.6 Å². The minimum atomic E-state index is -1.49. The fraction of sp³-hybridized carbons (Fsp3) is 0.524. The SMILES string of the molecule is CCCS(=O)c1nc(N[C@@H]2C[C@H]2c2ccc(F)c(F)c2)c2nnn([C@@H]3C[C@H](O)[C@@H](O)[C@H]3O)c2n1. The summed E-state index contributed by atoms with van der Waals surface area (Å²) >= 11 is 0. The van der Waals surface area contributed by atoms with Gasteiger partial charge >= 0.3 is 0 Å². The molecule has 2 aliphatic rings. The van der Waals surface area contributed by atoms with E-state index >= 15 is 0 Å². The molecule has 3 aromatic rings. The van der Waals surface area contributed by atoms with Gasteiger partial charge in [0.1, 0.15) is 12.2 Å². The van der Waals surface area contributed by atoms with Crippen LogP contribution in [-0.2, 0) is 10.8 Å². The van der Waals surface area contributed by atoms with Crippen LogP contribution in [0, 0.1) is 11.6 Å². The zero-order valence-corrected chi connectivity index (χ0v) is 19.0. The van der Waals surface area contributed by atoms with Gasteiger partial charge in [0.15, 0.2) is 28.6 Å². The smallest absolute Gasteiger partial charge is 0.222 e. The summed E-state index contributed by atoms with van der Waals surface area (Å²) in [5.41, 5.74) is 1.14. The first-order valence-electron chi connectivity index (χ1n) is 11.1. The minimum Gasteiger partial charge on any atom is -0.390 e. The Morgan fingerprint density at radius 2 is 1.94 bits per heavy atom. The molecule has 0 aliphatic heterocycles. The third-order valence-corrected chi connectivity index (χ3v) is 7.69. The van der Waals surface area contributed by atoms with Gasteiger partial charge in [-0.2, -0.15) is 4.98 Å².